The van der Waals surface area contributed by atoms with Crippen LogP contribution in [0.5, 0.6) is 0 Å². The Morgan fingerprint density at radius 2 is 1.73 bits per heavy atom. The number of benzene rings is 1. The molecule has 2 nitrogen and oxygen atoms in total. The van der Waals surface area contributed by atoms with Crippen LogP contribution in [-0.2, 0) is 0 Å². The molecule has 0 amide bonds. The molecule has 84 valence electrons. The first-order valence-electron chi connectivity index (χ1n) is 5.57. The third kappa shape index (κ3) is 4.02. The summed E-state index contributed by atoms with van der Waals surface area (Å²) in [5, 5.41) is 12.7. The van der Waals surface area contributed by atoms with Crippen LogP contribution in [0, 0.1) is 5.92 Å². The molecular formula is C13H21NO. The second-order valence-electron chi connectivity index (χ2n) is 4.39. The van der Waals surface area contributed by atoms with Crippen molar-refractivity contribution in [3.05, 3.63) is 35.9 Å². The predicted molar refractivity (Wildman–Crippen MR) is 63.7 cm³/mol. The summed E-state index contributed by atoms with van der Waals surface area (Å²) in [7, 11) is 0. The number of nitrogens with one attached hydrogen (secondary N) is 1. The molecule has 1 rings (SSSR count). The zero-order chi connectivity index (χ0) is 11.3. The highest BCUT2D eigenvalue weighted by atomic mass is 16.3. The zero-order valence-electron chi connectivity index (χ0n) is 9.77. The lowest BCUT2D eigenvalue weighted by Gasteiger charge is -2.23. The second-order valence-corrected chi connectivity index (χ2v) is 4.39. The topological polar surface area (TPSA) is 32.3 Å². The highest BCUT2D eigenvalue weighted by Gasteiger charge is 2.14. The fourth-order valence-electron chi connectivity index (χ4n) is 1.70. The molecule has 0 spiro atoms. The van der Waals surface area contributed by atoms with E-state index in [1.807, 2.05) is 6.07 Å². The normalized spacial score (nSPS) is 15.3. The van der Waals surface area contributed by atoms with Gasteiger partial charge in [-0.05, 0) is 18.4 Å². The number of hydrogen-bond donors (Lipinski definition) is 2. The molecule has 0 fully saturated rings. The van der Waals surface area contributed by atoms with Gasteiger partial charge in [-0.1, -0.05) is 44.2 Å². The lowest BCUT2D eigenvalue weighted by Crippen LogP contribution is -2.31. The van der Waals surface area contributed by atoms with Crippen LogP contribution in [0.3, 0.4) is 0 Å². The first-order valence-corrected chi connectivity index (χ1v) is 5.57. The Hall–Kier alpha value is -0.860. The summed E-state index contributed by atoms with van der Waals surface area (Å²) in [5.41, 5.74) is 1.29. The first kappa shape index (κ1) is 12.2. The maximum Gasteiger partial charge on any atom is 0.0636 e. The maximum atomic E-state index is 9.27. The highest BCUT2D eigenvalue weighted by Crippen LogP contribution is 2.20. The SMILES string of the molecule is CC(C)[C@@H](NC[C@@H](C)O)c1ccccc1. The lowest BCUT2D eigenvalue weighted by molar-refractivity contribution is 0.181. The molecule has 2 atom stereocenters. The van der Waals surface area contributed by atoms with Crippen LogP contribution < -0.4 is 5.32 Å². The molecule has 0 saturated carbocycles. The van der Waals surface area contributed by atoms with Gasteiger partial charge < -0.3 is 10.4 Å². The summed E-state index contributed by atoms with van der Waals surface area (Å²) >= 11 is 0. The maximum absolute atomic E-state index is 9.27. The van der Waals surface area contributed by atoms with E-state index in [1.54, 1.807) is 6.92 Å². The molecular weight excluding hydrogens is 186 g/mol. The van der Waals surface area contributed by atoms with E-state index >= 15 is 0 Å². The fraction of sp³-hybridized carbons (Fsp3) is 0.538. The van der Waals surface area contributed by atoms with Crippen LogP contribution in [0.4, 0.5) is 0 Å². The molecule has 1 aromatic carbocycles. The Morgan fingerprint density at radius 1 is 1.13 bits per heavy atom. The van der Waals surface area contributed by atoms with E-state index in [2.05, 4.69) is 43.4 Å². The predicted octanol–water partition coefficient (Wildman–Crippen LogP) is 2.35. The van der Waals surface area contributed by atoms with Gasteiger partial charge in [-0.25, -0.2) is 0 Å². The Balaban J connectivity index is 2.66. The highest BCUT2D eigenvalue weighted by molar-refractivity contribution is 5.19. The monoisotopic (exact) mass is 207 g/mol. The van der Waals surface area contributed by atoms with Crippen LogP contribution in [0.2, 0.25) is 0 Å². The minimum atomic E-state index is -0.296. The Bertz CT molecular complexity index is 269. The summed E-state index contributed by atoms with van der Waals surface area (Å²) in [6.45, 7) is 6.81. The van der Waals surface area contributed by atoms with Crippen LogP contribution >= 0.6 is 0 Å². The van der Waals surface area contributed by atoms with Gasteiger partial charge >= 0.3 is 0 Å². The average molecular weight is 207 g/mol. The van der Waals surface area contributed by atoms with Crippen LogP contribution in [-0.4, -0.2) is 17.8 Å². The summed E-state index contributed by atoms with van der Waals surface area (Å²) in [4.78, 5) is 0. The van der Waals surface area contributed by atoms with Crippen molar-refractivity contribution >= 4 is 0 Å². The van der Waals surface area contributed by atoms with E-state index in [1.165, 1.54) is 5.56 Å². The van der Waals surface area contributed by atoms with Gasteiger partial charge in [0.1, 0.15) is 0 Å². The quantitative estimate of drug-likeness (QED) is 0.777. The van der Waals surface area contributed by atoms with Gasteiger partial charge in [-0.2, -0.15) is 0 Å². The van der Waals surface area contributed by atoms with Crippen molar-refractivity contribution in [3.63, 3.8) is 0 Å². The molecule has 15 heavy (non-hydrogen) atoms. The third-order valence-corrected chi connectivity index (χ3v) is 2.46. The van der Waals surface area contributed by atoms with Gasteiger partial charge in [0.15, 0.2) is 0 Å². The second kappa shape index (κ2) is 5.89. The van der Waals surface area contributed by atoms with Crippen LogP contribution in [0.1, 0.15) is 32.4 Å². The van der Waals surface area contributed by atoms with Crippen molar-refractivity contribution in [2.75, 3.05) is 6.54 Å². The molecule has 0 aliphatic rings. The van der Waals surface area contributed by atoms with Crippen LogP contribution in [0.25, 0.3) is 0 Å². The van der Waals surface area contributed by atoms with Crippen molar-refractivity contribution in [2.45, 2.75) is 32.9 Å². The number of aliphatic hydroxyl groups is 1. The smallest absolute Gasteiger partial charge is 0.0636 e. The van der Waals surface area contributed by atoms with Gasteiger partial charge in [-0.3, -0.25) is 0 Å². The molecule has 0 aromatic heterocycles. The molecule has 0 aliphatic heterocycles. The zero-order valence-corrected chi connectivity index (χ0v) is 9.77. The van der Waals surface area contributed by atoms with Crippen LogP contribution in [0.15, 0.2) is 30.3 Å². The molecule has 2 N–H and O–H groups in total. The van der Waals surface area contributed by atoms with E-state index < -0.39 is 0 Å². The molecule has 0 heterocycles. The number of aliphatic hydroxyl groups excluding tert-OH is 1. The minimum absolute atomic E-state index is 0.296. The summed E-state index contributed by atoms with van der Waals surface area (Å²) < 4.78 is 0. The van der Waals surface area contributed by atoms with E-state index in [4.69, 9.17) is 0 Å². The molecule has 0 bridgehead atoms. The summed E-state index contributed by atoms with van der Waals surface area (Å²) in [6, 6.07) is 10.7. The standard InChI is InChI=1S/C13H21NO/c1-10(2)13(14-9-11(3)15)12-7-5-4-6-8-12/h4-8,10-11,13-15H,9H2,1-3H3/t11-,13-/m1/s1. The van der Waals surface area contributed by atoms with E-state index in [0.717, 1.165) is 0 Å². The van der Waals surface area contributed by atoms with E-state index in [0.29, 0.717) is 18.5 Å². The molecule has 0 unspecified atom stereocenters. The van der Waals surface area contributed by atoms with Crippen molar-refractivity contribution in [1.82, 2.24) is 5.32 Å². The van der Waals surface area contributed by atoms with Crippen molar-refractivity contribution in [3.8, 4) is 0 Å². The first-order chi connectivity index (χ1) is 7.11. The van der Waals surface area contributed by atoms with Gasteiger partial charge in [-0.15, -0.1) is 0 Å². The molecule has 0 saturated heterocycles. The summed E-state index contributed by atoms with van der Waals surface area (Å²) in [6.07, 6.45) is -0.296. The summed E-state index contributed by atoms with van der Waals surface area (Å²) in [5.74, 6) is 0.520. The van der Waals surface area contributed by atoms with Crippen molar-refractivity contribution in [1.29, 1.82) is 0 Å². The van der Waals surface area contributed by atoms with E-state index in [9.17, 15) is 5.11 Å². The van der Waals surface area contributed by atoms with Crippen molar-refractivity contribution < 1.29 is 5.11 Å². The minimum Gasteiger partial charge on any atom is -0.392 e. The van der Waals surface area contributed by atoms with Gasteiger partial charge in [0.05, 0.1) is 6.10 Å². The van der Waals surface area contributed by atoms with Gasteiger partial charge in [0.2, 0.25) is 0 Å². The molecule has 2 heteroatoms. The Morgan fingerprint density at radius 3 is 2.20 bits per heavy atom. The average Bonchev–Trinajstić information content (AvgIpc) is 2.18. The third-order valence-electron chi connectivity index (χ3n) is 2.46. The van der Waals surface area contributed by atoms with Crippen molar-refractivity contribution in [2.24, 2.45) is 5.92 Å². The Labute approximate surface area is 92.3 Å². The molecule has 1 aromatic rings. The largest absolute Gasteiger partial charge is 0.392 e. The number of hydrogen-bond acceptors (Lipinski definition) is 2. The molecule has 0 aliphatic carbocycles. The van der Waals surface area contributed by atoms with E-state index in [-0.39, 0.29) is 6.10 Å². The molecule has 0 radical (unpaired) electrons. The van der Waals surface area contributed by atoms with Gasteiger partial charge in [0.25, 0.3) is 0 Å². The fourth-order valence-corrected chi connectivity index (χ4v) is 1.70. The number of rotatable bonds is 5. The lowest BCUT2D eigenvalue weighted by atomic mass is 9.96. The van der Waals surface area contributed by atoms with Gasteiger partial charge in [0, 0.05) is 12.6 Å². The Kier molecular flexibility index (Phi) is 4.79.